The second-order valence-corrected chi connectivity index (χ2v) is 11.8. The highest BCUT2D eigenvalue weighted by atomic mass is 28.4. The summed E-state index contributed by atoms with van der Waals surface area (Å²) in [6.45, 7) is 15.9. The van der Waals surface area contributed by atoms with Crippen molar-refractivity contribution in [3.8, 4) is 0 Å². The zero-order valence-corrected chi connectivity index (χ0v) is 13.8. The first-order valence-electron chi connectivity index (χ1n) is 6.41. The largest absolute Gasteiger partial charge is 0.481 e. The molecular weight excluding hydrogens is 244 g/mol. The summed E-state index contributed by atoms with van der Waals surface area (Å²) < 4.78 is 6.16. The van der Waals surface area contributed by atoms with Crippen LogP contribution in [0.5, 0.6) is 0 Å². The zero-order valence-electron chi connectivity index (χ0n) is 12.8. The SMILES string of the molecule is CC(C)(/C=C/CC(=O)O)CO[Si](C)(C)C(C)(C)C. The molecule has 18 heavy (non-hydrogen) atoms. The van der Waals surface area contributed by atoms with Crippen LogP contribution in [0.3, 0.4) is 0 Å². The number of carboxylic acid groups (broad SMARTS) is 1. The summed E-state index contributed by atoms with van der Waals surface area (Å²) in [5.41, 5.74) is -0.120. The molecule has 0 rings (SSSR count). The van der Waals surface area contributed by atoms with Gasteiger partial charge >= 0.3 is 5.97 Å². The topological polar surface area (TPSA) is 46.5 Å². The number of hydrogen-bond acceptors (Lipinski definition) is 2. The molecule has 0 saturated heterocycles. The van der Waals surface area contributed by atoms with Crippen LogP contribution in [0.15, 0.2) is 12.2 Å². The Hall–Kier alpha value is -0.613. The van der Waals surface area contributed by atoms with Crippen molar-refractivity contribution in [2.75, 3.05) is 6.61 Å². The predicted octanol–water partition coefficient (Wildman–Crippen LogP) is 4.07. The van der Waals surface area contributed by atoms with E-state index < -0.39 is 14.3 Å². The average molecular weight is 272 g/mol. The van der Waals surface area contributed by atoms with Crippen molar-refractivity contribution >= 4 is 14.3 Å². The molecule has 0 aromatic heterocycles. The van der Waals surface area contributed by atoms with Crippen LogP contribution in [0.2, 0.25) is 18.1 Å². The summed E-state index contributed by atoms with van der Waals surface area (Å²) >= 11 is 0. The van der Waals surface area contributed by atoms with Crippen molar-refractivity contribution in [2.45, 2.75) is 59.2 Å². The molecule has 0 aromatic rings. The number of carboxylic acids is 1. The molecule has 0 aliphatic rings. The molecule has 0 atom stereocenters. The quantitative estimate of drug-likeness (QED) is 0.586. The van der Waals surface area contributed by atoms with E-state index in [1.54, 1.807) is 6.08 Å². The summed E-state index contributed by atoms with van der Waals surface area (Å²) in [4.78, 5) is 10.5. The van der Waals surface area contributed by atoms with Crippen molar-refractivity contribution in [1.29, 1.82) is 0 Å². The van der Waals surface area contributed by atoms with Crippen LogP contribution in [-0.2, 0) is 9.22 Å². The van der Waals surface area contributed by atoms with Gasteiger partial charge in [-0.2, -0.15) is 0 Å². The number of carbonyl (C=O) groups is 1. The molecule has 0 spiro atoms. The maximum atomic E-state index is 10.5. The van der Waals surface area contributed by atoms with E-state index >= 15 is 0 Å². The lowest BCUT2D eigenvalue weighted by Crippen LogP contribution is -2.42. The molecule has 0 bridgehead atoms. The molecular formula is C14H28O3Si. The number of aliphatic carboxylic acids is 1. The zero-order chi connectivity index (χ0) is 14.6. The lowest BCUT2D eigenvalue weighted by Gasteiger charge is -2.38. The van der Waals surface area contributed by atoms with Crippen LogP contribution in [0.4, 0.5) is 0 Å². The fourth-order valence-corrected chi connectivity index (χ4v) is 2.28. The van der Waals surface area contributed by atoms with E-state index in [4.69, 9.17) is 9.53 Å². The summed E-state index contributed by atoms with van der Waals surface area (Å²) in [5.74, 6) is -0.799. The summed E-state index contributed by atoms with van der Waals surface area (Å²) in [6.07, 6.45) is 3.72. The van der Waals surface area contributed by atoms with E-state index in [1.165, 1.54) is 0 Å². The molecule has 0 aromatic carbocycles. The normalized spacial score (nSPS) is 14.2. The molecule has 0 amide bonds. The van der Waals surface area contributed by atoms with Crippen LogP contribution >= 0.6 is 0 Å². The van der Waals surface area contributed by atoms with Crippen molar-refractivity contribution in [2.24, 2.45) is 5.41 Å². The average Bonchev–Trinajstić information content (AvgIpc) is 2.12. The van der Waals surface area contributed by atoms with Gasteiger partial charge in [-0.15, -0.1) is 0 Å². The summed E-state index contributed by atoms with van der Waals surface area (Å²) in [6, 6.07) is 0. The Morgan fingerprint density at radius 3 is 2.11 bits per heavy atom. The third kappa shape index (κ3) is 6.35. The highest BCUT2D eigenvalue weighted by molar-refractivity contribution is 6.74. The second kappa shape index (κ2) is 6.02. The van der Waals surface area contributed by atoms with Gasteiger partial charge in [0.2, 0.25) is 0 Å². The Labute approximate surface area is 112 Å². The third-order valence-corrected chi connectivity index (χ3v) is 7.95. The second-order valence-electron chi connectivity index (χ2n) is 7.04. The Morgan fingerprint density at radius 2 is 1.72 bits per heavy atom. The van der Waals surface area contributed by atoms with E-state index in [0.717, 1.165) is 0 Å². The van der Waals surface area contributed by atoms with Gasteiger partial charge in [0.05, 0.1) is 6.42 Å². The first-order valence-corrected chi connectivity index (χ1v) is 9.32. The molecule has 0 radical (unpaired) electrons. The van der Waals surface area contributed by atoms with E-state index in [9.17, 15) is 4.79 Å². The predicted molar refractivity (Wildman–Crippen MR) is 78.3 cm³/mol. The summed E-state index contributed by atoms with van der Waals surface area (Å²) in [5, 5.41) is 8.80. The van der Waals surface area contributed by atoms with Crippen LogP contribution in [0, 0.1) is 5.41 Å². The van der Waals surface area contributed by atoms with Gasteiger partial charge in [0.15, 0.2) is 8.32 Å². The van der Waals surface area contributed by atoms with Crippen molar-refractivity contribution < 1.29 is 14.3 Å². The first-order chi connectivity index (χ1) is 7.87. The van der Waals surface area contributed by atoms with Gasteiger partial charge in [0, 0.05) is 12.0 Å². The van der Waals surface area contributed by atoms with Gasteiger partial charge in [-0.25, -0.2) is 0 Å². The maximum Gasteiger partial charge on any atom is 0.307 e. The highest BCUT2D eigenvalue weighted by Crippen LogP contribution is 2.37. The lowest BCUT2D eigenvalue weighted by atomic mass is 9.94. The fraction of sp³-hybridized carbons (Fsp3) is 0.786. The van der Waals surface area contributed by atoms with Crippen LogP contribution < -0.4 is 0 Å². The van der Waals surface area contributed by atoms with Crippen molar-refractivity contribution in [3.63, 3.8) is 0 Å². The Kier molecular flexibility index (Phi) is 5.81. The number of hydrogen-bond donors (Lipinski definition) is 1. The van der Waals surface area contributed by atoms with Crippen molar-refractivity contribution in [1.82, 2.24) is 0 Å². The Morgan fingerprint density at radius 1 is 1.22 bits per heavy atom. The Bertz CT molecular complexity index is 311. The highest BCUT2D eigenvalue weighted by Gasteiger charge is 2.38. The minimum Gasteiger partial charge on any atom is -0.481 e. The molecule has 3 nitrogen and oxygen atoms in total. The third-order valence-electron chi connectivity index (χ3n) is 3.47. The van der Waals surface area contributed by atoms with Gasteiger partial charge < -0.3 is 9.53 Å². The van der Waals surface area contributed by atoms with Gasteiger partial charge in [0.1, 0.15) is 0 Å². The van der Waals surface area contributed by atoms with Gasteiger partial charge in [0.25, 0.3) is 0 Å². The minimum atomic E-state index is -1.73. The molecule has 0 fully saturated rings. The molecule has 106 valence electrons. The molecule has 4 heteroatoms. The molecule has 1 N–H and O–H groups in total. The van der Waals surface area contributed by atoms with Crippen molar-refractivity contribution in [3.05, 3.63) is 12.2 Å². The summed E-state index contributed by atoms with van der Waals surface area (Å²) in [7, 11) is -1.73. The Balaban J connectivity index is 4.43. The minimum absolute atomic E-state index is 0.0729. The maximum absolute atomic E-state index is 10.5. The first kappa shape index (κ1) is 17.4. The number of rotatable bonds is 6. The smallest absolute Gasteiger partial charge is 0.307 e. The van der Waals surface area contributed by atoms with E-state index in [2.05, 4.69) is 47.7 Å². The van der Waals surface area contributed by atoms with Gasteiger partial charge in [-0.1, -0.05) is 46.8 Å². The monoisotopic (exact) mass is 272 g/mol. The van der Waals surface area contributed by atoms with Crippen LogP contribution in [0.25, 0.3) is 0 Å². The van der Waals surface area contributed by atoms with Gasteiger partial charge in [-0.05, 0) is 18.1 Å². The fourth-order valence-electron chi connectivity index (χ4n) is 1.11. The lowest BCUT2D eigenvalue weighted by molar-refractivity contribution is -0.136. The van der Waals surface area contributed by atoms with E-state index in [-0.39, 0.29) is 16.9 Å². The molecule has 0 unspecified atom stereocenters. The molecule has 0 heterocycles. The molecule has 0 aliphatic carbocycles. The van der Waals surface area contributed by atoms with Gasteiger partial charge in [-0.3, -0.25) is 4.79 Å². The standard InChI is InChI=1S/C14H28O3Si/c1-13(2,3)18(6,7)17-11-14(4,5)10-8-9-12(15)16/h8,10H,9,11H2,1-7H3,(H,15,16)/b10-8+. The van der Waals surface area contributed by atoms with E-state index in [1.807, 2.05) is 6.08 Å². The van der Waals surface area contributed by atoms with Crippen LogP contribution in [0.1, 0.15) is 41.0 Å². The molecule has 0 saturated carbocycles. The molecule has 0 aliphatic heterocycles. The van der Waals surface area contributed by atoms with E-state index in [0.29, 0.717) is 6.61 Å². The van der Waals surface area contributed by atoms with Crippen LogP contribution in [-0.4, -0.2) is 26.0 Å².